The lowest BCUT2D eigenvalue weighted by atomic mass is 10.2. The van der Waals surface area contributed by atoms with Crippen molar-refractivity contribution >= 4 is 12.0 Å². The van der Waals surface area contributed by atoms with Crippen molar-refractivity contribution in [2.75, 3.05) is 0 Å². The van der Waals surface area contributed by atoms with Crippen LogP contribution in [0.2, 0.25) is 0 Å². The molecule has 0 amide bonds. The summed E-state index contributed by atoms with van der Waals surface area (Å²) in [4.78, 5) is 10.3. The average Bonchev–Trinajstić information content (AvgIpc) is 2.25. The van der Waals surface area contributed by atoms with Gasteiger partial charge >= 0.3 is 5.97 Å². The molecular weight excluding hydrogens is 204 g/mol. The summed E-state index contributed by atoms with van der Waals surface area (Å²) >= 11 is 0. The third kappa shape index (κ3) is 5.12. The van der Waals surface area contributed by atoms with Gasteiger partial charge in [-0.15, -0.1) is 0 Å². The van der Waals surface area contributed by atoms with Crippen LogP contribution in [0, 0.1) is 0 Å². The number of hydrogen-bond acceptors (Lipinski definition) is 2. The van der Waals surface area contributed by atoms with Gasteiger partial charge in [-0.2, -0.15) is 0 Å². The topological polar surface area (TPSA) is 57.5 Å². The first-order valence-electron chi connectivity index (χ1n) is 4.98. The molecule has 0 fully saturated rings. The van der Waals surface area contributed by atoms with Gasteiger partial charge in [0.25, 0.3) is 0 Å². The van der Waals surface area contributed by atoms with Crippen molar-refractivity contribution < 1.29 is 15.0 Å². The second-order valence-electron chi connectivity index (χ2n) is 3.32. The highest BCUT2D eigenvalue weighted by Gasteiger charge is 2.03. The SMILES string of the molecule is O=C(O)CC(O)C=CC=Cc1ccccc1. The van der Waals surface area contributed by atoms with Gasteiger partial charge in [-0.25, -0.2) is 0 Å². The maximum atomic E-state index is 10.3. The number of carboxylic acids is 1. The van der Waals surface area contributed by atoms with E-state index in [1.54, 1.807) is 12.2 Å². The van der Waals surface area contributed by atoms with E-state index in [2.05, 4.69) is 0 Å². The third-order valence-corrected chi connectivity index (χ3v) is 1.92. The number of hydrogen-bond donors (Lipinski definition) is 2. The Morgan fingerprint density at radius 1 is 1.25 bits per heavy atom. The minimum Gasteiger partial charge on any atom is -0.481 e. The predicted molar refractivity (Wildman–Crippen MR) is 62.9 cm³/mol. The Kier molecular flexibility index (Phi) is 5.02. The van der Waals surface area contributed by atoms with Crippen molar-refractivity contribution in [1.82, 2.24) is 0 Å². The first-order chi connectivity index (χ1) is 7.68. The van der Waals surface area contributed by atoms with Crippen LogP contribution in [0.25, 0.3) is 6.08 Å². The monoisotopic (exact) mass is 218 g/mol. The normalized spacial score (nSPS) is 13.3. The van der Waals surface area contributed by atoms with E-state index >= 15 is 0 Å². The number of aliphatic hydroxyl groups is 1. The molecular formula is C13H14O3. The van der Waals surface area contributed by atoms with Gasteiger partial charge < -0.3 is 10.2 Å². The van der Waals surface area contributed by atoms with Gasteiger partial charge in [0.2, 0.25) is 0 Å². The molecule has 0 spiro atoms. The Balaban J connectivity index is 2.42. The van der Waals surface area contributed by atoms with E-state index < -0.39 is 12.1 Å². The molecule has 1 atom stereocenters. The number of aliphatic carboxylic acids is 1. The maximum Gasteiger partial charge on any atom is 0.306 e. The minimum atomic E-state index is -1.01. The van der Waals surface area contributed by atoms with E-state index in [-0.39, 0.29) is 6.42 Å². The summed E-state index contributed by atoms with van der Waals surface area (Å²) in [6, 6.07) is 9.71. The van der Waals surface area contributed by atoms with E-state index in [4.69, 9.17) is 5.11 Å². The van der Waals surface area contributed by atoms with Crippen molar-refractivity contribution in [3.05, 3.63) is 54.1 Å². The van der Waals surface area contributed by atoms with E-state index in [1.165, 1.54) is 6.08 Å². The van der Waals surface area contributed by atoms with Crippen molar-refractivity contribution in [2.24, 2.45) is 0 Å². The maximum absolute atomic E-state index is 10.3. The summed E-state index contributed by atoms with van der Waals surface area (Å²) in [7, 11) is 0. The van der Waals surface area contributed by atoms with Crippen molar-refractivity contribution in [3.63, 3.8) is 0 Å². The Morgan fingerprint density at radius 2 is 1.94 bits per heavy atom. The second-order valence-corrected chi connectivity index (χ2v) is 3.32. The van der Waals surface area contributed by atoms with Crippen LogP contribution in [0.15, 0.2) is 48.6 Å². The lowest BCUT2D eigenvalue weighted by Gasteiger charge is -1.98. The van der Waals surface area contributed by atoms with Crippen LogP contribution in [0.4, 0.5) is 0 Å². The highest BCUT2D eigenvalue weighted by atomic mass is 16.4. The average molecular weight is 218 g/mol. The smallest absolute Gasteiger partial charge is 0.306 e. The largest absolute Gasteiger partial charge is 0.481 e. The van der Waals surface area contributed by atoms with Gasteiger partial charge in [0, 0.05) is 0 Å². The number of benzene rings is 1. The molecule has 0 aliphatic heterocycles. The number of aliphatic hydroxyl groups excluding tert-OH is 1. The molecule has 0 saturated carbocycles. The molecule has 0 saturated heterocycles. The quantitative estimate of drug-likeness (QED) is 0.744. The lowest BCUT2D eigenvalue weighted by molar-refractivity contribution is -0.138. The summed E-state index contributed by atoms with van der Waals surface area (Å²) in [5.74, 6) is -1.01. The minimum absolute atomic E-state index is 0.268. The van der Waals surface area contributed by atoms with Crippen LogP contribution in [0.3, 0.4) is 0 Å². The zero-order chi connectivity index (χ0) is 11.8. The van der Waals surface area contributed by atoms with Crippen LogP contribution >= 0.6 is 0 Å². The zero-order valence-electron chi connectivity index (χ0n) is 8.78. The van der Waals surface area contributed by atoms with Gasteiger partial charge in [-0.05, 0) is 5.56 Å². The fourth-order valence-corrected chi connectivity index (χ4v) is 1.17. The number of rotatable bonds is 5. The summed E-state index contributed by atoms with van der Waals surface area (Å²) in [6.07, 6.45) is 5.53. The van der Waals surface area contributed by atoms with Gasteiger partial charge in [0.05, 0.1) is 12.5 Å². The van der Waals surface area contributed by atoms with E-state index in [0.717, 1.165) is 5.56 Å². The number of allylic oxidation sites excluding steroid dienone is 2. The fourth-order valence-electron chi connectivity index (χ4n) is 1.17. The van der Waals surface area contributed by atoms with Crippen LogP contribution in [-0.4, -0.2) is 22.3 Å². The molecule has 0 radical (unpaired) electrons. The Hall–Kier alpha value is -1.87. The summed E-state index contributed by atoms with van der Waals surface area (Å²) in [5, 5.41) is 17.6. The summed E-state index contributed by atoms with van der Waals surface area (Å²) < 4.78 is 0. The summed E-state index contributed by atoms with van der Waals surface area (Å²) in [6.45, 7) is 0. The molecule has 84 valence electrons. The predicted octanol–water partition coefficient (Wildman–Crippen LogP) is 2.09. The molecule has 0 aliphatic rings. The first-order valence-corrected chi connectivity index (χ1v) is 4.98. The van der Waals surface area contributed by atoms with Gasteiger partial charge in [0.1, 0.15) is 0 Å². The molecule has 0 aromatic heterocycles. The lowest BCUT2D eigenvalue weighted by Crippen LogP contribution is -2.09. The molecule has 16 heavy (non-hydrogen) atoms. The number of carboxylic acid groups (broad SMARTS) is 1. The molecule has 0 heterocycles. The molecule has 0 bridgehead atoms. The van der Waals surface area contributed by atoms with Gasteiger partial charge in [-0.3, -0.25) is 4.79 Å². The van der Waals surface area contributed by atoms with E-state index in [9.17, 15) is 9.90 Å². The molecule has 1 unspecified atom stereocenters. The zero-order valence-corrected chi connectivity index (χ0v) is 8.78. The molecule has 1 rings (SSSR count). The highest BCUT2D eigenvalue weighted by Crippen LogP contribution is 2.01. The molecule has 1 aromatic carbocycles. The van der Waals surface area contributed by atoms with E-state index in [1.807, 2.05) is 36.4 Å². The first kappa shape index (κ1) is 12.2. The van der Waals surface area contributed by atoms with Crippen LogP contribution in [0.5, 0.6) is 0 Å². The van der Waals surface area contributed by atoms with Crippen molar-refractivity contribution in [2.45, 2.75) is 12.5 Å². The van der Waals surface area contributed by atoms with Crippen LogP contribution in [-0.2, 0) is 4.79 Å². The molecule has 1 aromatic rings. The second kappa shape index (κ2) is 6.58. The highest BCUT2D eigenvalue weighted by molar-refractivity contribution is 5.67. The Bertz CT molecular complexity index is 379. The van der Waals surface area contributed by atoms with Crippen LogP contribution < -0.4 is 0 Å². The van der Waals surface area contributed by atoms with E-state index in [0.29, 0.717) is 0 Å². The number of carbonyl (C=O) groups is 1. The van der Waals surface area contributed by atoms with Gasteiger partial charge in [-0.1, -0.05) is 54.6 Å². The molecule has 2 N–H and O–H groups in total. The molecule has 0 aliphatic carbocycles. The van der Waals surface area contributed by atoms with Crippen LogP contribution in [0.1, 0.15) is 12.0 Å². The van der Waals surface area contributed by atoms with Crippen molar-refractivity contribution in [3.8, 4) is 0 Å². The molecule has 3 heteroatoms. The van der Waals surface area contributed by atoms with Gasteiger partial charge in [0.15, 0.2) is 0 Å². The Labute approximate surface area is 94.4 Å². The standard InChI is InChI=1S/C13H14O3/c14-12(10-13(15)16)9-5-4-8-11-6-2-1-3-7-11/h1-9,12,14H,10H2,(H,15,16). The molecule has 3 nitrogen and oxygen atoms in total. The fraction of sp³-hybridized carbons (Fsp3) is 0.154. The summed E-state index contributed by atoms with van der Waals surface area (Å²) in [5.41, 5.74) is 1.06. The Morgan fingerprint density at radius 3 is 2.56 bits per heavy atom. The third-order valence-electron chi connectivity index (χ3n) is 1.92. The van der Waals surface area contributed by atoms with Crippen molar-refractivity contribution in [1.29, 1.82) is 0 Å².